The Bertz CT molecular complexity index is 808. The third-order valence-corrected chi connectivity index (χ3v) is 3.72. The van der Waals surface area contributed by atoms with Crippen LogP contribution >= 0.6 is 0 Å². The zero-order valence-electron chi connectivity index (χ0n) is 15.8. The van der Waals surface area contributed by atoms with E-state index in [-0.39, 0.29) is 25.7 Å². The number of carboxylic acid groups (broad SMARTS) is 2. The van der Waals surface area contributed by atoms with Gasteiger partial charge >= 0.3 is 11.9 Å². The predicted molar refractivity (Wildman–Crippen MR) is 106 cm³/mol. The Morgan fingerprint density at radius 3 is 1.72 bits per heavy atom. The molecule has 154 valence electrons. The third kappa shape index (κ3) is 10.9. The third-order valence-electron chi connectivity index (χ3n) is 3.72. The van der Waals surface area contributed by atoms with Crippen molar-refractivity contribution in [2.24, 2.45) is 5.73 Å². The highest BCUT2D eigenvalue weighted by Crippen LogP contribution is 2.02. The molecular formula is C21H24N2O6. The summed E-state index contributed by atoms with van der Waals surface area (Å²) in [6.07, 6.45) is 0.121. The second-order valence-corrected chi connectivity index (χ2v) is 6.18. The number of carbonyl (C=O) groups excluding carboxylic acids is 2. The summed E-state index contributed by atoms with van der Waals surface area (Å²) in [6.45, 7) is 0. The van der Waals surface area contributed by atoms with Crippen LogP contribution in [0.2, 0.25) is 0 Å². The van der Waals surface area contributed by atoms with Gasteiger partial charge in [-0.1, -0.05) is 60.7 Å². The van der Waals surface area contributed by atoms with Crippen LogP contribution in [-0.4, -0.2) is 40.0 Å². The molecule has 0 heterocycles. The largest absolute Gasteiger partial charge is 0.481 e. The minimum Gasteiger partial charge on any atom is -0.481 e. The van der Waals surface area contributed by atoms with Crippen LogP contribution in [0.4, 0.5) is 0 Å². The molecule has 0 radical (unpaired) electrons. The van der Waals surface area contributed by atoms with Crippen LogP contribution in [0.5, 0.6) is 0 Å². The normalized spacial score (nSPS) is 10.8. The number of rotatable bonds is 9. The summed E-state index contributed by atoms with van der Waals surface area (Å²) in [5, 5.41) is 19.7. The van der Waals surface area contributed by atoms with E-state index in [2.05, 4.69) is 5.32 Å². The topological polar surface area (TPSA) is 147 Å². The molecule has 0 fully saturated rings. The number of nitrogens with two attached hydrogens (primary N) is 1. The molecule has 0 aliphatic heterocycles. The summed E-state index contributed by atoms with van der Waals surface area (Å²) in [5.74, 6) is -2.96. The van der Waals surface area contributed by atoms with E-state index in [9.17, 15) is 19.2 Å². The van der Waals surface area contributed by atoms with Crippen LogP contribution in [0.1, 0.15) is 24.0 Å². The van der Waals surface area contributed by atoms with Gasteiger partial charge < -0.3 is 21.3 Å². The summed E-state index contributed by atoms with van der Waals surface area (Å²) in [4.78, 5) is 43.4. The number of carbonyl (C=O) groups is 4. The Labute approximate surface area is 168 Å². The van der Waals surface area contributed by atoms with Gasteiger partial charge in [-0.25, -0.2) is 4.79 Å². The fourth-order valence-electron chi connectivity index (χ4n) is 2.34. The summed E-state index contributed by atoms with van der Waals surface area (Å²) < 4.78 is 0. The number of primary amides is 1. The smallest absolute Gasteiger partial charge is 0.326 e. The minimum absolute atomic E-state index is 0.00873. The number of carboxylic acids is 2. The van der Waals surface area contributed by atoms with Gasteiger partial charge in [0, 0.05) is 6.42 Å². The summed E-state index contributed by atoms with van der Waals surface area (Å²) in [5.41, 5.74) is 6.58. The van der Waals surface area contributed by atoms with Crippen molar-refractivity contribution in [3.8, 4) is 0 Å². The van der Waals surface area contributed by atoms with Crippen LogP contribution < -0.4 is 11.1 Å². The summed E-state index contributed by atoms with van der Waals surface area (Å²) in [7, 11) is 0. The van der Waals surface area contributed by atoms with Crippen molar-refractivity contribution in [3.05, 3.63) is 71.8 Å². The lowest BCUT2D eigenvalue weighted by Gasteiger charge is -2.13. The fraction of sp³-hybridized carbons (Fsp3) is 0.238. The van der Waals surface area contributed by atoms with Crippen molar-refractivity contribution in [1.29, 1.82) is 0 Å². The molecule has 0 aliphatic carbocycles. The molecule has 0 saturated carbocycles. The van der Waals surface area contributed by atoms with Gasteiger partial charge in [0.05, 0.1) is 12.8 Å². The maximum Gasteiger partial charge on any atom is 0.326 e. The molecule has 8 nitrogen and oxygen atoms in total. The predicted octanol–water partition coefficient (Wildman–Crippen LogP) is 1.38. The van der Waals surface area contributed by atoms with E-state index in [1.165, 1.54) is 0 Å². The van der Waals surface area contributed by atoms with Crippen molar-refractivity contribution in [2.45, 2.75) is 31.7 Å². The molecular weight excluding hydrogens is 376 g/mol. The molecule has 2 rings (SSSR count). The van der Waals surface area contributed by atoms with E-state index in [0.29, 0.717) is 0 Å². The molecule has 0 bridgehead atoms. The molecule has 29 heavy (non-hydrogen) atoms. The molecule has 0 unspecified atom stereocenters. The number of nitrogens with one attached hydrogen (secondary N) is 1. The first-order valence-corrected chi connectivity index (χ1v) is 8.88. The van der Waals surface area contributed by atoms with Crippen LogP contribution in [0, 0.1) is 0 Å². The summed E-state index contributed by atoms with van der Waals surface area (Å²) in [6, 6.07) is 17.0. The van der Waals surface area contributed by atoms with Crippen molar-refractivity contribution in [1.82, 2.24) is 5.32 Å². The first-order valence-electron chi connectivity index (χ1n) is 8.88. The van der Waals surface area contributed by atoms with E-state index in [0.717, 1.165) is 11.1 Å². The molecule has 2 aromatic rings. The van der Waals surface area contributed by atoms with E-state index >= 15 is 0 Å². The molecule has 0 aromatic heterocycles. The number of amides is 2. The number of benzene rings is 2. The maximum absolute atomic E-state index is 11.7. The van der Waals surface area contributed by atoms with Gasteiger partial charge in [0.1, 0.15) is 6.04 Å². The van der Waals surface area contributed by atoms with Crippen LogP contribution in [0.3, 0.4) is 0 Å². The van der Waals surface area contributed by atoms with Gasteiger partial charge in [0.2, 0.25) is 11.8 Å². The van der Waals surface area contributed by atoms with Gasteiger partial charge in [0.25, 0.3) is 0 Å². The minimum atomic E-state index is -1.18. The van der Waals surface area contributed by atoms with Gasteiger partial charge in [-0.15, -0.1) is 0 Å². The Hall–Kier alpha value is -3.68. The molecule has 5 N–H and O–H groups in total. The monoisotopic (exact) mass is 400 g/mol. The van der Waals surface area contributed by atoms with Crippen molar-refractivity contribution >= 4 is 23.8 Å². The van der Waals surface area contributed by atoms with Gasteiger partial charge in [0.15, 0.2) is 0 Å². The summed E-state index contributed by atoms with van der Waals surface area (Å²) >= 11 is 0. The second kappa shape index (κ2) is 12.7. The van der Waals surface area contributed by atoms with Gasteiger partial charge in [-0.2, -0.15) is 0 Å². The number of aliphatic carboxylic acids is 2. The Kier molecular flexibility index (Phi) is 10.2. The highest BCUT2D eigenvalue weighted by atomic mass is 16.4. The number of hydrogen-bond acceptors (Lipinski definition) is 4. The Balaban J connectivity index is 0.000000352. The lowest BCUT2D eigenvalue weighted by atomic mass is 10.1. The van der Waals surface area contributed by atoms with Gasteiger partial charge in [-0.3, -0.25) is 14.4 Å². The quantitative estimate of drug-likeness (QED) is 0.500. The van der Waals surface area contributed by atoms with Crippen molar-refractivity contribution in [2.75, 3.05) is 0 Å². The molecule has 2 amide bonds. The van der Waals surface area contributed by atoms with Crippen molar-refractivity contribution < 1.29 is 29.4 Å². The van der Waals surface area contributed by atoms with E-state index in [1.54, 1.807) is 36.4 Å². The molecule has 1 atom stereocenters. The first kappa shape index (κ1) is 23.4. The molecule has 0 aliphatic rings. The van der Waals surface area contributed by atoms with E-state index in [4.69, 9.17) is 15.9 Å². The lowest BCUT2D eigenvalue weighted by molar-refractivity contribution is -0.142. The highest BCUT2D eigenvalue weighted by molar-refractivity contribution is 5.85. The molecule has 2 aromatic carbocycles. The zero-order chi connectivity index (χ0) is 21.6. The van der Waals surface area contributed by atoms with E-state index in [1.807, 2.05) is 24.3 Å². The van der Waals surface area contributed by atoms with Crippen LogP contribution in [0.15, 0.2) is 60.7 Å². The average Bonchev–Trinajstić information content (AvgIpc) is 2.66. The fourth-order valence-corrected chi connectivity index (χ4v) is 2.34. The zero-order valence-corrected chi connectivity index (χ0v) is 15.8. The lowest BCUT2D eigenvalue weighted by Crippen LogP contribution is -2.42. The SMILES string of the molecule is NC(=O)CC[C@H](NC(=O)Cc1ccccc1)C(=O)O.O=C(O)Cc1ccccc1. The second-order valence-electron chi connectivity index (χ2n) is 6.18. The maximum atomic E-state index is 11.7. The average molecular weight is 400 g/mol. The Morgan fingerprint density at radius 1 is 0.828 bits per heavy atom. The standard InChI is InChI=1S/C13H16N2O4.C8H8O2/c14-11(16)7-6-10(13(18)19)15-12(17)8-9-4-2-1-3-5-9;9-8(10)6-7-4-2-1-3-5-7/h1-5,10H,6-8H2,(H2,14,16)(H,15,17)(H,18,19);1-5H,6H2,(H,9,10)/t10-;/m0./s1. The highest BCUT2D eigenvalue weighted by Gasteiger charge is 2.20. The van der Waals surface area contributed by atoms with Crippen molar-refractivity contribution in [3.63, 3.8) is 0 Å². The number of hydrogen-bond donors (Lipinski definition) is 4. The first-order chi connectivity index (χ1) is 13.8. The molecule has 0 saturated heterocycles. The molecule has 0 spiro atoms. The van der Waals surface area contributed by atoms with Crippen LogP contribution in [0.25, 0.3) is 0 Å². The van der Waals surface area contributed by atoms with Crippen LogP contribution in [-0.2, 0) is 32.0 Å². The van der Waals surface area contributed by atoms with Gasteiger partial charge in [-0.05, 0) is 17.5 Å². The molecule has 8 heteroatoms. The Morgan fingerprint density at radius 2 is 1.31 bits per heavy atom. The van der Waals surface area contributed by atoms with E-state index < -0.39 is 29.8 Å².